The van der Waals surface area contributed by atoms with Gasteiger partial charge < -0.3 is 0 Å². The van der Waals surface area contributed by atoms with E-state index in [-0.39, 0.29) is 10.6 Å². The highest BCUT2D eigenvalue weighted by Crippen LogP contribution is 2.27. The third kappa shape index (κ3) is 4.82. The van der Waals surface area contributed by atoms with Crippen LogP contribution in [0.25, 0.3) is 0 Å². The monoisotopic (exact) mass is 448 g/mol. The van der Waals surface area contributed by atoms with Crippen LogP contribution in [0.4, 0.5) is 11.4 Å². The third-order valence-corrected chi connectivity index (χ3v) is 5.47. The summed E-state index contributed by atoms with van der Waals surface area (Å²) in [6.07, 6.45) is 1.39. The van der Waals surface area contributed by atoms with Gasteiger partial charge >= 0.3 is 0 Å². The molecular weight excluding hydrogens is 432 g/mol. The number of hydrogen-bond acceptors (Lipinski definition) is 7. The van der Waals surface area contributed by atoms with Crippen LogP contribution in [0.2, 0.25) is 5.15 Å². The molecule has 0 saturated carbocycles. The normalized spacial score (nSPS) is 11.7. The number of hydrazone groups is 1. The predicted octanol–water partition coefficient (Wildman–Crippen LogP) is 2.89. The van der Waals surface area contributed by atoms with E-state index < -0.39 is 20.6 Å². The Bertz CT molecular complexity index is 1220. The van der Waals surface area contributed by atoms with Crippen molar-refractivity contribution in [3.05, 3.63) is 80.6 Å². The van der Waals surface area contributed by atoms with E-state index in [1.165, 1.54) is 12.3 Å². The van der Waals surface area contributed by atoms with E-state index in [1.807, 2.05) is 30.3 Å². The number of hydrogen-bond donors (Lipinski definition) is 2. The number of aryl methyl sites for hydroxylation is 1. The molecule has 0 saturated heterocycles. The Morgan fingerprint density at radius 1 is 1.30 bits per heavy atom. The molecule has 0 unspecified atom stereocenters. The van der Waals surface area contributed by atoms with Crippen molar-refractivity contribution in [1.82, 2.24) is 9.78 Å². The number of aromatic nitrogens is 2. The fourth-order valence-electron chi connectivity index (χ4n) is 2.68. The van der Waals surface area contributed by atoms with Crippen molar-refractivity contribution in [2.24, 2.45) is 10.2 Å². The van der Waals surface area contributed by atoms with Gasteiger partial charge in [-0.05, 0) is 24.6 Å². The number of primary sulfonamides is 1. The van der Waals surface area contributed by atoms with Crippen LogP contribution in [0, 0.1) is 17.0 Å². The van der Waals surface area contributed by atoms with Gasteiger partial charge in [0.2, 0.25) is 10.0 Å². The Kier molecular flexibility index (Phi) is 6.15. The van der Waals surface area contributed by atoms with Gasteiger partial charge in [-0.15, -0.1) is 0 Å². The second-order valence-electron chi connectivity index (χ2n) is 6.28. The summed E-state index contributed by atoms with van der Waals surface area (Å²) in [5.74, 6) is 0. The summed E-state index contributed by atoms with van der Waals surface area (Å²) in [7, 11) is -4.07. The largest absolute Gasteiger partial charge is 0.295 e. The average Bonchev–Trinajstić information content (AvgIpc) is 2.95. The summed E-state index contributed by atoms with van der Waals surface area (Å²) in [5, 5.41) is 25.0. The lowest BCUT2D eigenvalue weighted by atomic mass is 10.2. The molecule has 3 aromatic rings. The van der Waals surface area contributed by atoms with Gasteiger partial charge in [-0.1, -0.05) is 41.9 Å². The molecule has 156 valence electrons. The van der Waals surface area contributed by atoms with Crippen molar-refractivity contribution in [1.29, 1.82) is 0 Å². The number of nitrogens with one attached hydrogen (secondary N) is 1. The molecule has 2 aromatic carbocycles. The molecule has 0 spiro atoms. The predicted molar refractivity (Wildman–Crippen MR) is 113 cm³/mol. The van der Waals surface area contributed by atoms with Gasteiger partial charge in [-0.3, -0.25) is 15.5 Å². The molecule has 10 nitrogen and oxygen atoms in total. The molecular formula is C18H17ClN6O4S. The zero-order valence-corrected chi connectivity index (χ0v) is 17.3. The zero-order valence-electron chi connectivity index (χ0n) is 15.7. The molecule has 1 aromatic heterocycles. The van der Waals surface area contributed by atoms with Crippen LogP contribution in [-0.2, 0) is 16.6 Å². The maximum Gasteiger partial charge on any atom is 0.295 e. The third-order valence-electron chi connectivity index (χ3n) is 4.16. The topological polar surface area (TPSA) is 146 Å². The number of sulfonamides is 1. The summed E-state index contributed by atoms with van der Waals surface area (Å²) in [5.41, 5.74) is 4.23. The summed E-state index contributed by atoms with van der Waals surface area (Å²) in [6.45, 7) is 2.24. The number of anilines is 1. The second kappa shape index (κ2) is 8.61. The van der Waals surface area contributed by atoms with E-state index in [0.717, 1.165) is 17.7 Å². The number of halogens is 1. The lowest BCUT2D eigenvalue weighted by molar-refractivity contribution is -0.384. The van der Waals surface area contributed by atoms with Crippen LogP contribution in [0.5, 0.6) is 0 Å². The Hall–Kier alpha value is -3.28. The number of nitro benzene ring substituents is 1. The highest BCUT2D eigenvalue weighted by molar-refractivity contribution is 7.89. The Labute approximate surface area is 177 Å². The van der Waals surface area contributed by atoms with Crippen LogP contribution in [-0.4, -0.2) is 29.3 Å². The number of benzene rings is 2. The number of nitro groups is 1. The minimum Gasteiger partial charge on any atom is -0.272 e. The fraction of sp³-hybridized carbons (Fsp3) is 0.111. The summed E-state index contributed by atoms with van der Waals surface area (Å²) >= 11 is 6.41. The molecule has 0 aliphatic heterocycles. The molecule has 0 bridgehead atoms. The molecule has 0 radical (unpaired) electrons. The first kappa shape index (κ1) is 21.4. The molecule has 3 N–H and O–H groups in total. The first-order chi connectivity index (χ1) is 14.2. The van der Waals surface area contributed by atoms with Crippen LogP contribution < -0.4 is 10.6 Å². The van der Waals surface area contributed by atoms with E-state index in [1.54, 1.807) is 11.6 Å². The van der Waals surface area contributed by atoms with Gasteiger partial charge in [-0.2, -0.15) is 10.2 Å². The smallest absolute Gasteiger partial charge is 0.272 e. The van der Waals surface area contributed by atoms with Crippen LogP contribution in [0.1, 0.15) is 16.8 Å². The SMILES string of the molecule is Cc1nn(Cc2ccccc2)c(Cl)c1/C=N\Nc1ccc(S(N)(=O)=O)cc1[N+](=O)[O-]. The van der Waals surface area contributed by atoms with Gasteiger partial charge in [0.25, 0.3) is 5.69 Å². The van der Waals surface area contributed by atoms with Crippen molar-refractivity contribution in [3.63, 3.8) is 0 Å². The highest BCUT2D eigenvalue weighted by Gasteiger charge is 2.19. The maximum atomic E-state index is 11.4. The second-order valence-corrected chi connectivity index (χ2v) is 8.20. The summed E-state index contributed by atoms with van der Waals surface area (Å²) in [4.78, 5) is 10.2. The number of nitrogens with zero attached hydrogens (tertiary/aromatic N) is 4. The number of rotatable bonds is 7. The standard InChI is InChI=1S/C18H17ClN6O4S/c1-12-15(18(19)24(23-12)11-13-5-3-2-4-6-13)10-21-22-16-8-7-14(30(20,28)29)9-17(16)25(26)27/h2-10,22H,11H2,1H3,(H2,20,28,29)/b21-10-. The van der Waals surface area contributed by atoms with Crippen molar-refractivity contribution in [2.45, 2.75) is 18.4 Å². The van der Waals surface area contributed by atoms with Crippen molar-refractivity contribution in [2.75, 3.05) is 5.43 Å². The molecule has 0 atom stereocenters. The van der Waals surface area contributed by atoms with Crippen LogP contribution in [0.3, 0.4) is 0 Å². The molecule has 0 aliphatic carbocycles. The molecule has 3 rings (SSSR count). The van der Waals surface area contributed by atoms with Crippen molar-refractivity contribution >= 4 is 39.2 Å². The van der Waals surface area contributed by atoms with E-state index >= 15 is 0 Å². The van der Waals surface area contributed by atoms with Gasteiger partial charge in [0.15, 0.2) is 0 Å². The molecule has 0 amide bonds. The van der Waals surface area contributed by atoms with Gasteiger partial charge in [-0.25, -0.2) is 18.2 Å². The lowest BCUT2D eigenvalue weighted by Gasteiger charge is -2.04. The average molecular weight is 449 g/mol. The molecule has 30 heavy (non-hydrogen) atoms. The first-order valence-corrected chi connectivity index (χ1v) is 10.5. The molecule has 1 heterocycles. The van der Waals surface area contributed by atoms with Crippen molar-refractivity contribution in [3.8, 4) is 0 Å². The van der Waals surface area contributed by atoms with Crippen LogP contribution >= 0.6 is 11.6 Å². The fourth-order valence-corrected chi connectivity index (χ4v) is 3.49. The van der Waals surface area contributed by atoms with E-state index in [9.17, 15) is 18.5 Å². The first-order valence-electron chi connectivity index (χ1n) is 8.54. The van der Waals surface area contributed by atoms with E-state index in [0.29, 0.717) is 23.0 Å². The van der Waals surface area contributed by atoms with Gasteiger partial charge in [0.05, 0.1) is 33.8 Å². The van der Waals surface area contributed by atoms with Gasteiger partial charge in [0, 0.05) is 6.07 Å². The number of nitrogens with two attached hydrogens (primary N) is 1. The maximum absolute atomic E-state index is 11.4. The Balaban J connectivity index is 1.83. The Morgan fingerprint density at radius 3 is 2.63 bits per heavy atom. The lowest BCUT2D eigenvalue weighted by Crippen LogP contribution is -2.12. The van der Waals surface area contributed by atoms with E-state index in [2.05, 4.69) is 15.6 Å². The quantitative estimate of drug-likeness (QED) is 0.323. The minimum absolute atomic E-state index is 0.00546. The molecule has 12 heteroatoms. The highest BCUT2D eigenvalue weighted by atomic mass is 35.5. The summed E-state index contributed by atoms with van der Waals surface area (Å²) < 4.78 is 24.4. The van der Waals surface area contributed by atoms with Crippen LogP contribution in [0.15, 0.2) is 58.5 Å². The zero-order chi connectivity index (χ0) is 21.9. The Morgan fingerprint density at radius 2 is 2.00 bits per heavy atom. The van der Waals surface area contributed by atoms with Gasteiger partial charge in [0.1, 0.15) is 10.8 Å². The molecule has 0 fully saturated rings. The van der Waals surface area contributed by atoms with Crippen molar-refractivity contribution < 1.29 is 13.3 Å². The van der Waals surface area contributed by atoms with E-state index in [4.69, 9.17) is 16.7 Å². The molecule has 0 aliphatic rings. The summed E-state index contributed by atoms with van der Waals surface area (Å²) in [6, 6.07) is 12.9. The minimum atomic E-state index is -4.07.